The molecule has 0 bridgehead atoms. The molecular weight excluding hydrogens is 917 g/mol. The summed E-state index contributed by atoms with van der Waals surface area (Å²) >= 11 is 1.42. The van der Waals surface area contributed by atoms with Crippen LogP contribution in [-0.2, 0) is 55.9 Å². The zero-order valence-electron chi connectivity index (χ0n) is 44.4. The van der Waals surface area contributed by atoms with Crippen molar-refractivity contribution < 1.29 is 53.2 Å². The number of aromatic hydroxyl groups is 2. The number of hydrogen-bond donors (Lipinski definition) is 4. The van der Waals surface area contributed by atoms with E-state index in [1.165, 1.54) is 48.6 Å². The van der Waals surface area contributed by atoms with Gasteiger partial charge >= 0.3 is 5.97 Å². The van der Waals surface area contributed by atoms with E-state index in [0.29, 0.717) is 37.1 Å². The van der Waals surface area contributed by atoms with Crippen molar-refractivity contribution in [1.29, 1.82) is 0 Å². The second-order valence-electron chi connectivity index (χ2n) is 20.4. The van der Waals surface area contributed by atoms with Crippen molar-refractivity contribution in [2.24, 2.45) is 23.7 Å². The summed E-state index contributed by atoms with van der Waals surface area (Å²) in [5, 5.41) is 27.2. The van der Waals surface area contributed by atoms with E-state index in [1.54, 1.807) is 30.8 Å². The maximum absolute atomic E-state index is 14.7. The molecule has 0 aliphatic carbocycles. The first-order valence-corrected chi connectivity index (χ1v) is 25.6. The van der Waals surface area contributed by atoms with E-state index >= 15 is 0 Å². The van der Waals surface area contributed by atoms with Crippen LogP contribution >= 0.6 is 11.8 Å². The minimum atomic E-state index is -0.980. The summed E-state index contributed by atoms with van der Waals surface area (Å²) in [6.45, 7) is 19.7. The molecule has 5 amide bonds. The summed E-state index contributed by atoms with van der Waals surface area (Å²) in [7, 11) is 7.52. The Bertz CT molecular complexity index is 2040. The predicted octanol–water partition coefficient (Wildman–Crippen LogP) is 6.01. The lowest BCUT2D eigenvalue weighted by Gasteiger charge is -2.41. The molecule has 18 heteroatoms. The van der Waals surface area contributed by atoms with Crippen LogP contribution in [0.2, 0.25) is 0 Å². The number of thioether (sulfide) groups is 1. The van der Waals surface area contributed by atoms with Gasteiger partial charge in [-0.15, -0.1) is 11.8 Å². The molecule has 0 spiro atoms. The number of nitrogens with one attached hydrogen (secondary N) is 2. The van der Waals surface area contributed by atoms with Crippen LogP contribution in [0.5, 0.6) is 11.8 Å². The number of carbonyl (C=O) groups excluding carboxylic acids is 6. The van der Waals surface area contributed by atoms with Gasteiger partial charge in [-0.05, 0) is 42.6 Å². The second kappa shape index (κ2) is 27.1. The zero-order valence-corrected chi connectivity index (χ0v) is 45.3. The Morgan fingerprint density at radius 2 is 1.53 bits per heavy atom. The fourth-order valence-corrected chi connectivity index (χ4v) is 10.6. The van der Waals surface area contributed by atoms with Gasteiger partial charge in [-0.1, -0.05) is 106 Å². The Balaban J connectivity index is 1.76. The van der Waals surface area contributed by atoms with Crippen molar-refractivity contribution in [3.05, 3.63) is 42.0 Å². The molecule has 0 radical (unpaired) electrons. The molecule has 0 saturated carbocycles. The van der Waals surface area contributed by atoms with Gasteiger partial charge in [0.25, 0.3) is 0 Å². The number of hydrogen-bond acceptors (Lipinski definition) is 12. The quantitative estimate of drug-likeness (QED) is 0.0631. The number of nitrogens with zero attached hydrogens (tertiary/aromatic N) is 4. The van der Waals surface area contributed by atoms with Crippen LogP contribution in [0.1, 0.15) is 113 Å². The molecule has 9 atom stereocenters. The number of benzene rings is 1. The minimum absolute atomic E-state index is 0.0418. The van der Waals surface area contributed by atoms with Gasteiger partial charge < -0.3 is 49.8 Å². The van der Waals surface area contributed by atoms with E-state index in [-0.39, 0.29) is 77.8 Å². The number of methoxy groups -OCH3 is 3. The topological polar surface area (TPSA) is 209 Å². The van der Waals surface area contributed by atoms with Crippen LogP contribution in [0.25, 0.3) is 0 Å². The Morgan fingerprint density at radius 1 is 0.886 bits per heavy atom. The van der Waals surface area contributed by atoms with E-state index in [2.05, 4.69) is 10.6 Å². The molecule has 1 aliphatic heterocycles. The third-order valence-corrected chi connectivity index (χ3v) is 14.6. The van der Waals surface area contributed by atoms with E-state index in [1.807, 2.05) is 92.6 Å². The molecular formula is C52H84N6O11S. The third kappa shape index (κ3) is 15.8. The highest BCUT2D eigenvalue weighted by atomic mass is 32.2. The normalized spacial score (nSPS) is 17.5. The standard InChI is InChI=1S/C52H84N6O11S/c1-16-33(6)45(38(67-13)29-41(60)57-26-20-24-37(57)46(68-14)34(7)47(62)53-36(51(66)69-15)28-35-22-18-17-19-23-35)56(12)50(65)43(31(2)3)54-48(63)44(32(4)5)55(11)40(59)25-21-27-58-42(61)30-39(49(58)64)70-52(8,9)10/h17-19,22-23,30-34,36-38,43-46,61,64H,16,20-21,24-29H2,1-15H3,(H,53,62)(H,54,63). The lowest BCUT2D eigenvalue weighted by atomic mass is 9.89. The van der Waals surface area contributed by atoms with Crippen LogP contribution in [0, 0.1) is 23.7 Å². The molecule has 4 N–H and O–H groups in total. The van der Waals surface area contributed by atoms with E-state index < -0.39 is 66.1 Å². The van der Waals surface area contributed by atoms with Crippen LogP contribution in [-0.4, -0.2) is 154 Å². The smallest absolute Gasteiger partial charge is 0.328 e. The molecule has 1 aliphatic rings. The Labute approximate surface area is 421 Å². The number of ether oxygens (including phenoxy) is 3. The molecule has 70 heavy (non-hydrogen) atoms. The number of carbonyl (C=O) groups is 6. The van der Waals surface area contributed by atoms with E-state index in [9.17, 15) is 39.0 Å². The maximum atomic E-state index is 14.7. The van der Waals surface area contributed by atoms with Gasteiger partial charge in [0.15, 0.2) is 5.88 Å². The number of likely N-dealkylation sites (tertiary alicyclic amines) is 1. The molecule has 1 saturated heterocycles. The average molecular weight is 1000 g/mol. The first-order valence-electron chi connectivity index (χ1n) is 24.7. The van der Waals surface area contributed by atoms with Crippen molar-refractivity contribution in [2.45, 2.75) is 173 Å². The molecule has 2 aromatic rings. The molecule has 1 aromatic heterocycles. The molecule has 17 nitrogen and oxygen atoms in total. The first kappa shape index (κ1) is 59.5. The lowest BCUT2D eigenvalue weighted by Crippen LogP contribution is -2.60. The summed E-state index contributed by atoms with van der Waals surface area (Å²) in [6, 6.07) is 6.98. The van der Waals surface area contributed by atoms with Crippen molar-refractivity contribution >= 4 is 47.3 Å². The fraction of sp³-hybridized carbons (Fsp3) is 0.692. The zero-order chi connectivity index (χ0) is 52.8. The highest BCUT2D eigenvalue weighted by molar-refractivity contribution is 8.00. The molecule has 2 heterocycles. The van der Waals surface area contributed by atoms with Crippen molar-refractivity contribution in [1.82, 2.24) is 29.9 Å². The Kier molecular flexibility index (Phi) is 23.1. The lowest BCUT2D eigenvalue weighted by molar-refractivity contribution is -0.149. The van der Waals surface area contributed by atoms with Gasteiger partial charge in [-0.3, -0.25) is 28.5 Å². The van der Waals surface area contributed by atoms with Crippen molar-refractivity contribution in [3.63, 3.8) is 0 Å². The van der Waals surface area contributed by atoms with Gasteiger partial charge in [0.05, 0.1) is 48.6 Å². The van der Waals surface area contributed by atoms with Crippen LogP contribution in [0.15, 0.2) is 41.3 Å². The monoisotopic (exact) mass is 1000 g/mol. The maximum Gasteiger partial charge on any atom is 0.328 e. The number of amides is 5. The van der Waals surface area contributed by atoms with Gasteiger partial charge in [-0.25, -0.2) is 4.79 Å². The molecule has 1 aromatic carbocycles. The molecule has 3 rings (SSSR count). The summed E-state index contributed by atoms with van der Waals surface area (Å²) in [4.78, 5) is 88.7. The SMILES string of the molecule is CCC(C)C(C(CC(=O)N1CCCC1C(OC)C(C)C(=O)NC(Cc1ccccc1)C(=O)OC)OC)N(C)C(=O)C(NC(=O)C(C(C)C)N(C)C(=O)CCCn1c(O)cc(SC(C)(C)C)c1O)C(C)C. The summed E-state index contributed by atoms with van der Waals surface area (Å²) in [6.07, 6.45) is 0.985. The number of aromatic nitrogens is 1. The molecule has 394 valence electrons. The molecule has 9 unspecified atom stereocenters. The number of rotatable bonds is 26. The van der Waals surface area contributed by atoms with Gasteiger partial charge in [0.2, 0.25) is 35.4 Å². The van der Waals surface area contributed by atoms with Gasteiger partial charge in [0, 0.05) is 65.1 Å². The van der Waals surface area contributed by atoms with Crippen LogP contribution in [0.3, 0.4) is 0 Å². The summed E-state index contributed by atoms with van der Waals surface area (Å²) in [5.41, 5.74) is 0.853. The van der Waals surface area contributed by atoms with Crippen LogP contribution < -0.4 is 10.6 Å². The predicted molar refractivity (Wildman–Crippen MR) is 271 cm³/mol. The average Bonchev–Trinajstić information content (AvgIpc) is 3.89. The largest absolute Gasteiger partial charge is 0.494 e. The van der Waals surface area contributed by atoms with Crippen LogP contribution in [0.4, 0.5) is 0 Å². The van der Waals surface area contributed by atoms with Gasteiger partial charge in [-0.2, -0.15) is 0 Å². The van der Waals surface area contributed by atoms with E-state index in [0.717, 1.165) is 5.56 Å². The van der Waals surface area contributed by atoms with Crippen molar-refractivity contribution in [2.75, 3.05) is 42.0 Å². The summed E-state index contributed by atoms with van der Waals surface area (Å²) < 4.78 is 18.2. The first-order chi connectivity index (χ1) is 32.8. The number of likely N-dealkylation sites (N-methyl/N-ethyl adjacent to an activating group) is 2. The minimum Gasteiger partial charge on any atom is -0.494 e. The van der Waals surface area contributed by atoms with E-state index in [4.69, 9.17) is 14.2 Å². The Hall–Kier alpha value is -4.81. The molecule has 1 fully saturated rings. The second-order valence-corrected chi connectivity index (χ2v) is 22.3. The fourth-order valence-electron chi connectivity index (χ4n) is 9.54. The Morgan fingerprint density at radius 3 is 2.07 bits per heavy atom. The highest BCUT2D eigenvalue weighted by Gasteiger charge is 2.44. The van der Waals surface area contributed by atoms with Gasteiger partial charge in [0.1, 0.15) is 18.1 Å². The van der Waals surface area contributed by atoms with Crippen molar-refractivity contribution in [3.8, 4) is 11.8 Å². The third-order valence-electron chi connectivity index (χ3n) is 13.5. The highest BCUT2D eigenvalue weighted by Crippen LogP contribution is 2.41. The summed E-state index contributed by atoms with van der Waals surface area (Å²) in [5.74, 6) is -4.09. The number of esters is 1.